The number of ether oxygens (including phenoxy) is 1. The van der Waals surface area contributed by atoms with E-state index in [4.69, 9.17) is 4.74 Å². The number of rotatable bonds is 4. The largest absolute Gasteiger partial charge is 0.462 e. The van der Waals surface area contributed by atoms with E-state index in [9.17, 15) is 4.79 Å². The molecule has 0 N–H and O–H groups in total. The molecule has 0 radical (unpaired) electrons. The number of hydrogen-bond donors (Lipinski definition) is 0. The van der Waals surface area contributed by atoms with E-state index in [1.165, 1.54) is 0 Å². The second kappa shape index (κ2) is 6.42. The van der Waals surface area contributed by atoms with Crippen LogP contribution in [0.4, 0.5) is 0 Å². The first kappa shape index (κ1) is 15.6. The number of benzene rings is 1. The molecule has 23 heavy (non-hydrogen) atoms. The van der Waals surface area contributed by atoms with Crippen LogP contribution >= 0.6 is 11.3 Å². The van der Waals surface area contributed by atoms with Crippen molar-refractivity contribution in [3.05, 3.63) is 64.8 Å². The Labute approximate surface area is 140 Å². The number of esters is 1. The summed E-state index contributed by atoms with van der Waals surface area (Å²) in [6, 6.07) is 14.1. The van der Waals surface area contributed by atoms with Crippen LogP contribution < -0.4 is 0 Å². The molecular formula is C19H19NO2S. The van der Waals surface area contributed by atoms with Crippen molar-refractivity contribution >= 4 is 17.3 Å². The smallest absolute Gasteiger partial charge is 0.340 e. The second-order valence-corrected chi connectivity index (χ2v) is 6.24. The maximum absolute atomic E-state index is 12.5. The van der Waals surface area contributed by atoms with Gasteiger partial charge in [-0.1, -0.05) is 24.3 Å². The third-order valence-corrected chi connectivity index (χ3v) is 4.79. The van der Waals surface area contributed by atoms with E-state index in [0.29, 0.717) is 12.2 Å². The molecule has 3 rings (SSSR count). The van der Waals surface area contributed by atoms with Gasteiger partial charge < -0.3 is 9.30 Å². The van der Waals surface area contributed by atoms with E-state index in [-0.39, 0.29) is 5.97 Å². The minimum absolute atomic E-state index is 0.258. The van der Waals surface area contributed by atoms with Gasteiger partial charge in [-0.15, -0.1) is 11.3 Å². The number of carbonyl (C=O) groups excluding carboxylic acids is 1. The van der Waals surface area contributed by atoms with Gasteiger partial charge in [-0.05, 0) is 44.4 Å². The lowest BCUT2D eigenvalue weighted by Gasteiger charge is -2.09. The average Bonchev–Trinajstić information content (AvgIpc) is 3.14. The van der Waals surface area contributed by atoms with Crippen LogP contribution in [-0.4, -0.2) is 17.1 Å². The SMILES string of the molecule is CCOC(=O)c1c(-c2cccs2)c(C)n(-c2ccccc2)c1C. The molecule has 0 fully saturated rings. The number of aromatic nitrogens is 1. The predicted octanol–water partition coefficient (Wildman–Crippen LogP) is 5.00. The molecule has 4 heteroatoms. The Balaban J connectivity index is 2.28. The summed E-state index contributed by atoms with van der Waals surface area (Å²) in [5.41, 5.74) is 4.65. The van der Waals surface area contributed by atoms with Gasteiger partial charge in [0.2, 0.25) is 0 Å². The molecule has 0 atom stereocenters. The molecule has 0 aliphatic carbocycles. The molecular weight excluding hydrogens is 306 g/mol. The Kier molecular flexibility index (Phi) is 4.35. The van der Waals surface area contributed by atoms with Crippen LogP contribution in [0.25, 0.3) is 16.1 Å². The zero-order valence-electron chi connectivity index (χ0n) is 13.5. The van der Waals surface area contributed by atoms with Crippen molar-refractivity contribution in [1.82, 2.24) is 4.57 Å². The van der Waals surface area contributed by atoms with Crippen molar-refractivity contribution in [3.8, 4) is 16.1 Å². The highest BCUT2D eigenvalue weighted by Crippen LogP contribution is 2.37. The number of nitrogens with zero attached hydrogens (tertiary/aromatic N) is 1. The van der Waals surface area contributed by atoms with Gasteiger partial charge in [0.05, 0.1) is 12.2 Å². The van der Waals surface area contributed by atoms with Crippen LogP contribution in [0.1, 0.15) is 28.7 Å². The Morgan fingerprint density at radius 1 is 1.09 bits per heavy atom. The third kappa shape index (κ3) is 2.70. The highest BCUT2D eigenvalue weighted by Gasteiger charge is 2.26. The molecule has 0 saturated heterocycles. The minimum Gasteiger partial charge on any atom is -0.462 e. The maximum Gasteiger partial charge on any atom is 0.340 e. The number of thiophene rings is 1. The van der Waals surface area contributed by atoms with E-state index in [1.54, 1.807) is 11.3 Å². The van der Waals surface area contributed by atoms with E-state index in [2.05, 4.69) is 11.5 Å². The molecule has 0 amide bonds. The molecule has 2 aromatic heterocycles. The van der Waals surface area contributed by atoms with Gasteiger partial charge in [-0.25, -0.2) is 4.79 Å². The molecule has 0 unspecified atom stereocenters. The Morgan fingerprint density at radius 2 is 1.83 bits per heavy atom. The summed E-state index contributed by atoms with van der Waals surface area (Å²) in [6.45, 7) is 6.23. The van der Waals surface area contributed by atoms with Gasteiger partial charge in [-0.2, -0.15) is 0 Å². The first-order chi connectivity index (χ1) is 11.1. The van der Waals surface area contributed by atoms with Gasteiger partial charge >= 0.3 is 5.97 Å². The van der Waals surface area contributed by atoms with Gasteiger partial charge in [0.15, 0.2) is 0 Å². The van der Waals surface area contributed by atoms with Crippen LogP contribution in [0, 0.1) is 13.8 Å². The normalized spacial score (nSPS) is 10.7. The maximum atomic E-state index is 12.5. The Morgan fingerprint density at radius 3 is 2.43 bits per heavy atom. The van der Waals surface area contributed by atoms with Gasteiger partial charge in [-0.3, -0.25) is 0 Å². The summed E-state index contributed by atoms with van der Waals surface area (Å²) in [5, 5.41) is 2.03. The number of para-hydroxylation sites is 1. The van der Waals surface area contributed by atoms with Crippen LogP contribution in [-0.2, 0) is 4.74 Å². The highest BCUT2D eigenvalue weighted by molar-refractivity contribution is 7.13. The lowest BCUT2D eigenvalue weighted by molar-refractivity contribution is 0.0526. The van der Waals surface area contributed by atoms with Crippen LogP contribution in [0.5, 0.6) is 0 Å². The highest BCUT2D eigenvalue weighted by atomic mass is 32.1. The zero-order chi connectivity index (χ0) is 16.4. The van der Waals surface area contributed by atoms with Crippen molar-refractivity contribution in [2.75, 3.05) is 6.61 Å². The van der Waals surface area contributed by atoms with E-state index < -0.39 is 0 Å². The van der Waals surface area contributed by atoms with E-state index >= 15 is 0 Å². The van der Waals surface area contributed by atoms with Crippen molar-refractivity contribution in [3.63, 3.8) is 0 Å². The lowest BCUT2D eigenvalue weighted by Crippen LogP contribution is -2.07. The van der Waals surface area contributed by atoms with Crippen LogP contribution in [0.3, 0.4) is 0 Å². The summed E-state index contributed by atoms with van der Waals surface area (Å²) in [6.07, 6.45) is 0. The predicted molar refractivity (Wildman–Crippen MR) is 94.5 cm³/mol. The summed E-state index contributed by atoms with van der Waals surface area (Å²) < 4.78 is 7.43. The molecule has 0 saturated carbocycles. The summed E-state index contributed by atoms with van der Waals surface area (Å²) in [5.74, 6) is -0.258. The average molecular weight is 325 g/mol. The van der Waals surface area contributed by atoms with Gasteiger partial charge in [0.25, 0.3) is 0 Å². The fraction of sp³-hybridized carbons (Fsp3) is 0.211. The summed E-state index contributed by atoms with van der Waals surface area (Å²) in [7, 11) is 0. The Bertz CT molecular complexity index is 817. The van der Waals surface area contributed by atoms with E-state index in [0.717, 1.165) is 27.5 Å². The van der Waals surface area contributed by atoms with E-state index in [1.807, 2.05) is 61.7 Å². The number of hydrogen-bond acceptors (Lipinski definition) is 3. The molecule has 118 valence electrons. The topological polar surface area (TPSA) is 31.2 Å². The standard InChI is InChI=1S/C19H19NO2S/c1-4-22-19(21)18-14(3)20(15-9-6-5-7-10-15)13(2)17(18)16-11-8-12-23-16/h5-12H,4H2,1-3H3. The zero-order valence-corrected chi connectivity index (χ0v) is 14.3. The van der Waals surface area contributed by atoms with Gasteiger partial charge in [0.1, 0.15) is 0 Å². The quantitative estimate of drug-likeness (QED) is 0.632. The molecule has 0 spiro atoms. The van der Waals surface area contributed by atoms with Crippen LogP contribution in [0.2, 0.25) is 0 Å². The first-order valence-corrected chi connectivity index (χ1v) is 8.51. The third-order valence-electron chi connectivity index (χ3n) is 3.91. The number of carbonyl (C=O) groups is 1. The fourth-order valence-electron chi connectivity index (χ4n) is 2.98. The molecule has 1 aromatic carbocycles. The van der Waals surface area contributed by atoms with Crippen molar-refractivity contribution in [2.45, 2.75) is 20.8 Å². The molecule has 0 aliphatic rings. The van der Waals surface area contributed by atoms with Crippen molar-refractivity contribution in [1.29, 1.82) is 0 Å². The van der Waals surface area contributed by atoms with Crippen LogP contribution in [0.15, 0.2) is 47.8 Å². The molecule has 0 aliphatic heterocycles. The Hall–Kier alpha value is -2.33. The summed E-state index contributed by atoms with van der Waals surface area (Å²) in [4.78, 5) is 13.6. The molecule has 3 aromatic rings. The molecule has 0 bridgehead atoms. The first-order valence-electron chi connectivity index (χ1n) is 7.63. The summed E-state index contributed by atoms with van der Waals surface area (Å²) >= 11 is 1.64. The second-order valence-electron chi connectivity index (χ2n) is 5.29. The van der Waals surface area contributed by atoms with Gasteiger partial charge in [0, 0.05) is 27.5 Å². The fourth-order valence-corrected chi connectivity index (χ4v) is 3.81. The molecule has 2 heterocycles. The lowest BCUT2D eigenvalue weighted by atomic mass is 10.1. The van der Waals surface area contributed by atoms with Crippen molar-refractivity contribution < 1.29 is 9.53 Å². The minimum atomic E-state index is -0.258. The monoisotopic (exact) mass is 325 g/mol. The molecule has 3 nitrogen and oxygen atoms in total. The van der Waals surface area contributed by atoms with Crippen molar-refractivity contribution in [2.24, 2.45) is 0 Å².